The molecule has 0 unspecified atom stereocenters. The monoisotopic (exact) mass is 159 g/mol. The average molecular weight is 159 g/mol. The maximum atomic E-state index is 5.04. The standard InChI is InChI=1S/C9H7N2O/c1-12-7-2-3-8-9(6-7)11-5-4-10-8/h2-3,5-6H,1H3. The summed E-state index contributed by atoms with van der Waals surface area (Å²) in [6, 6.07) is 5.55. The fourth-order valence-corrected chi connectivity index (χ4v) is 1.02. The maximum absolute atomic E-state index is 5.04. The molecular weight excluding hydrogens is 152 g/mol. The van der Waals surface area contributed by atoms with E-state index in [-0.39, 0.29) is 0 Å². The van der Waals surface area contributed by atoms with Crippen molar-refractivity contribution in [2.75, 3.05) is 7.11 Å². The Balaban J connectivity index is 2.67. The van der Waals surface area contributed by atoms with Crippen LogP contribution in [0, 0.1) is 6.20 Å². The number of benzene rings is 1. The van der Waals surface area contributed by atoms with Crippen molar-refractivity contribution in [2.24, 2.45) is 0 Å². The van der Waals surface area contributed by atoms with Crippen LogP contribution in [0.25, 0.3) is 11.0 Å². The van der Waals surface area contributed by atoms with Gasteiger partial charge in [-0.25, -0.2) is 4.98 Å². The molecule has 0 bridgehead atoms. The van der Waals surface area contributed by atoms with Gasteiger partial charge in [0.25, 0.3) is 0 Å². The first-order chi connectivity index (χ1) is 5.90. The number of methoxy groups -OCH3 is 1. The van der Waals surface area contributed by atoms with Crippen molar-refractivity contribution < 1.29 is 4.74 Å². The average Bonchev–Trinajstić information content (AvgIpc) is 2.17. The number of nitrogens with zero attached hydrogens (tertiary/aromatic N) is 2. The third kappa shape index (κ3) is 1.09. The number of aromatic nitrogens is 2. The zero-order chi connectivity index (χ0) is 8.39. The Labute approximate surface area is 70.0 Å². The van der Waals surface area contributed by atoms with Gasteiger partial charge in [0.15, 0.2) is 0 Å². The second-order valence-electron chi connectivity index (χ2n) is 2.35. The molecule has 0 amide bonds. The lowest BCUT2D eigenvalue weighted by Gasteiger charge is -1.99. The highest BCUT2D eigenvalue weighted by Gasteiger charge is 1.96. The molecule has 3 heteroatoms. The summed E-state index contributed by atoms with van der Waals surface area (Å²) in [5.41, 5.74) is 1.66. The third-order valence-corrected chi connectivity index (χ3v) is 1.63. The zero-order valence-electron chi connectivity index (χ0n) is 6.61. The van der Waals surface area contributed by atoms with Crippen LogP contribution >= 0.6 is 0 Å². The second-order valence-corrected chi connectivity index (χ2v) is 2.35. The Hall–Kier alpha value is -1.64. The maximum Gasteiger partial charge on any atom is 0.121 e. The van der Waals surface area contributed by atoms with E-state index >= 15 is 0 Å². The van der Waals surface area contributed by atoms with Crippen molar-refractivity contribution in [2.45, 2.75) is 0 Å². The SMILES string of the molecule is COc1ccc2n[c]cnc2c1. The van der Waals surface area contributed by atoms with Crippen LogP contribution in [0.15, 0.2) is 24.4 Å². The molecule has 59 valence electrons. The van der Waals surface area contributed by atoms with Crippen molar-refractivity contribution in [1.29, 1.82) is 0 Å². The lowest BCUT2D eigenvalue weighted by Crippen LogP contribution is -1.85. The van der Waals surface area contributed by atoms with E-state index < -0.39 is 0 Å². The molecule has 0 aliphatic rings. The highest BCUT2D eigenvalue weighted by atomic mass is 16.5. The van der Waals surface area contributed by atoms with Gasteiger partial charge in [-0.2, -0.15) is 0 Å². The van der Waals surface area contributed by atoms with Gasteiger partial charge in [0.1, 0.15) is 11.9 Å². The Kier molecular flexibility index (Phi) is 1.63. The molecule has 0 aliphatic carbocycles. The largest absolute Gasteiger partial charge is 0.497 e. The van der Waals surface area contributed by atoms with E-state index in [2.05, 4.69) is 16.2 Å². The number of rotatable bonds is 1. The first-order valence-electron chi connectivity index (χ1n) is 3.57. The van der Waals surface area contributed by atoms with Gasteiger partial charge < -0.3 is 4.74 Å². The molecule has 0 aliphatic heterocycles. The van der Waals surface area contributed by atoms with Gasteiger partial charge >= 0.3 is 0 Å². The van der Waals surface area contributed by atoms with E-state index in [1.807, 2.05) is 18.2 Å². The quantitative estimate of drug-likeness (QED) is 0.631. The molecule has 3 nitrogen and oxygen atoms in total. The van der Waals surface area contributed by atoms with Crippen molar-refractivity contribution in [3.8, 4) is 5.75 Å². The molecule has 0 fully saturated rings. The highest BCUT2D eigenvalue weighted by molar-refractivity contribution is 5.75. The molecule has 2 rings (SSSR count). The topological polar surface area (TPSA) is 35.0 Å². The molecule has 1 heterocycles. The summed E-state index contributed by atoms with van der Waals surface area (Å²) in [6.07, 6.45) is 4.21. The Morgan fingerprint density at radius 1 is 1.33 bits per heavy atom. The molecule has 1 aromatic heterocycles. The van der Waals surface area contributed by atoms with Crippen LogP contribution in [0.4, 0.5) is 0 Å². The van der Waals surface area contributed by atoms with Crippen LogP contribution in [-0.2, 0) is 0 Å². The summed E-state index contributed by atoms with van der Waals surface area (Å²) >= 11 is 0. The van der Waals surface area contributed by atoms with Crippen molar-refractivity contribution in [1.82, 2.24) is 9.97 Å². The number of hydrogen-bond acceptors (Lipinski definition) is 3. The number of hydrogen-bond donors (Lipinski definition) is 0. The molecule has 0 N–H and O–H groups in total. The summed E-state index contributed by atoms with van der Waals surface area (Å²) in [6.45, 7) is 0. The highest BCUT2D eigenvalue weighted by Crippen LogP contribution is 2.15. The van der Waals surface area contributed by atoms with Gasteiger partial charge in [-0.1, -0.05) is 0 Å². The van der Waals surface area contributed by atoms with Crippen molar-refractivity contribution >= 4 is 11.0 Å². The Morgan fingerprint density at radius 3 is 3.08 bits per heavy atom. The summed E-state index contributed by atoms with van der Waals surface area (Å²) < 4.78 is 5.04. The van der Waals surface area contributed by atoms with E-state index in [1.165, 1.54) is 0 Å². The first kappa shape index (κ1) is 7.03. The van der Waals surface area contributed by atoms with Crippen LogP contribution in [0.3, 0.4) is 0 Å². The van der Waals surface area contributed by atoms with E-state index in [0.29, 0.717) is 0 Å². The molecule has 0 saturated carbocycles. The lowest BCUT2D eigenvalue weighted by molar-refractivity contribution is 0.415. The smallest absolute Gasteiger partial charge is 0.121 e. The van der Waals surface area contributed by atoms with Gasteiger partial charge in [0.2, 0.25) is 0 Å². The molecule has 12 heavy (non-hydrogen) atoms. The molecule has 1 radical (unpaired) electrons. The van der Waals surface area contributed by atoms with Gasteiger partial charge in [0, 0.05) is 6.07 Å². The minimum Gasteiger partial charge on any atom is -0.497 e. The number of ether oxygens (including phenoxy) is 1. The van der Waals surface area contributed by atoms with Crippen molar-refractivity contribution in [3.05, 3.63) is 30.6 Å². The third-order valence-electron chi connectivity index (χ3n) is 1.63. The summed E-state index contributed by atoms with van der Waals surface area (Å²) in [4.78, 5) is 8.11. The summed E-state index contributed by atoms with van der Waals surface area (Å²) in [5, 5.41) is 0. The molecule has 1 aromatic carbocycles. The molecule has 0 saturated heterocycles. The van der Waals surface area contributed by atoms with Gasteiger partial charge in [-0.15, -0.1) is 0 Å². The predicted molar refractivity (Wildman–Crippen MR) is 44.9 cm³/mol. The second kappa shape index (κ2) is 2.77. The van der Waals surface area contributed by atoms with Crippen molar-refractivity contribution in [3.63, 3.8) is 0 Å². The van der Waals surface area contributed by atoms with Crippen LogP contribution in [0.1, 0.15) is 0 Å². The molecule has 0 atom stereocenters. The Morgan fingerprint density at radius 2 is 2.25 bits per heavy atom. The summed E-state index contributed by atoms with van der Waals surface area (Å²) in [5.74, 6) is 0.794. The lowest BCUT2D eigenvalue weighted by atomic mass is 10.3. The first-order valence-corrected chi connectivity index (χ1v) is 3.57. The van der Waals surface area contributed by atoms with Crippen LogP contribution in [-0.4, -0.2) is 17.1 Å². The van der Waals surface area contributed by atoms with Gasteiger partial charge in [0.05, 0.1) is 24.3 Å². The molecular formula is C9H7N2O. The van der Waals surface area contributed by atoms with Crippen LogP contribution in [0.2, 0.25) is 0 Å². The van der Waals surface area contributed by atoms with Crippen LogP contribution in [0.5, 0.6) is 5.75 Å². The Bertz CT molecular complexity index is 400. The predicted octanol–water partition coefficient (Wildman–Crippen LogP) is 1.44. The minimum absolute atomic E-state index is 0.794. The molecule has 2 aromatic rings. The fourth-order valence-electron chi connectivity index (χ4n) is 1.02. The minimum atomic E-state index is 0.794. The fraction of sp³-hybridized carbons (Fsp3) is 0.111. The summed E-state index contributed by atoms with van der Waals surface area (Å²) in [7, 11) is 1.63. The van der Waals surface area contributed by atoms with E-state index in [1.54, 1.807) is 13.3 Å². The van der Waals surface area contributed by atoms with E-state index in [0.717, 1.165) is 16.8 Å². The molecule has 0 spiro atoms. The zero-order valence-corrected chi connectivity index (χ0v) is 6.61. The van der Waals surface area contributed by atoms with Gasteiger partial charge in [-0.3, -0.25) is 4.98 Å². The van der Waals surface area contributed by atoms with E-state index in [9.17, 15) is 0 Å². The number of fused-ring (bicyclic) bond motifs is 1. The van der Waals surface area contributed by atoms with Gasteiger partial charge in [-0.05, 0) is 12.1 Å². The van der Waals surface area contributed by atoms with Crippen LogP contribution < -0.4 is 4.74 Å². The van der Waals surface area contributed by atoms with E-state index in [4.69, 9.17) is 4.74 Å². The normalized spacial score (nSPS) is 10.1.